The van der Waals surface area contributed by atoms with Gasteiger partial charge < -0.3 is 9.80 Å². The summed E-state index contributed by atoms with van der Waals surface area (Å²) in [5.41, 5.74) is 3.31. The minimum absolute atomic E-state index is 0.100. The first-order valence-corrected chi connectivity index (χ1v) is 10.9. The maximum absolute atomic E-state index is 13.3. The van der Waals surface area contributed by atoms with Crippen molar-refractivity contribution < 1.29 is 9.28 Å². The number of aryl methyl sites for hydroxylation is 2. The molecule has 0 aliphatic carbocycles. The molecule has 4 heteroatoms. The Morgan fingerprint density at radius 1 is 1.20 bits per heavy atom. The molecule has 1 unspecified atom stereocenters. The Labute approximate surface area is 161 Å². The molecule has 140 valence electrons. The van der Waals surface area contributed by atoms with Gasteiger partial charge in [0.25, 0.3) is 5.91 Å². The third kappa shape index (κ3) is 5.07. The van der Waals surface area contributed by atoms with Crippen molar-refractivity contribution in [2.24, 2.45) is 0 Å². The summed E-state index contributed by atoms with van der Waals surface area (Å²) >= 11 is 3.55. The summed E-state index contributed by atoms with van der Waals surface area (Å²) in [4.78, 5) is 13.3. The second-order valence-electron chi connectivity index (χ2n) is 7.55. The van der Waals surface area contributed by atoms with Crippen molar-refractivity contribution in [2.75, 3.05) is 30.3 Å². The van der Waals surface area contributed by atoms with Crippen molar-refractivity contribution in [1.29, 1.82) is 0 Å². The number of amides is 1. The molecule has 1 aliphatic rings. The summed E-state index contributed by atoms with van der Waals surface area (Å²) in [5, 5.41) is 4.34. The fraction of sp³-hybridized carbons (Fsp3) is 0.667. The van der Waals surface area contributed by atoms with Crippen LogP contribution in [0, 0.1) is 13.8 Å². The number of anilines is 1. The normalized spacial score (nSPS) is 23.4. The number of carbonyl (C=O) groups excluding carboxylic acids is 1. The van der Waals surface area contributed by atoms with Crippen LogP contribution in [0.15, 0.2) is 18.2 Å². The van der Waals surface area contributed by atoms with Gasteiger partial charge in [-0.1, -0.05) is 41.1 Å². The van der Waals surface area contributed by atoms with Gasteiger partial charge in [0.05, 0.1) is 19.6 Å². The Balaban J connectivity index is 2.20. The Hall–Kier alpha value is -0.870. The number of unbranched alkanes of at least 4 members (excludes halogenated alkanes) is 1. The molecule has 1 heterocycles. The van der Waals surface area contributed by atoms with Crippen molar-refractivity contribution in [3.8, 4) is 0 Å². The van der Waals surface area contributed by atoms with Crippen LogP contribution < -0.4 is 5.32 Å². The predicted molar refractivity (Wildman–Crippen MR) is 110 cm³/mol. The third-order valence-electron chi connectivity index (χ3n) is 5.68. The minimum atomic E-state index is 0.100. The van der Waals surface area contributed by atoms with Crippen molar-refractivity contribution in [2.45, 2.75) is 65.3 Å². The Morgan fingerprint density at radius 3 is 2.56 bits per heavy atom. The monoisotopic (exact) mass is 409 g/mol. The van der Waals surface area contributed by atoms with Gasteiger partial charge in [0.1, 0.15) is 0 Å². The zero-order chi connectivity index (χ0) is 18.3. The van der Waals surface area contributed by atoms with Crippen molar-refractivity contribution >= 4 is 27.5 Å². The molecule has 1 fully saturated rings. The van der Waals surface area contributed by atoms with Crippen LogP contribution in [0.1, 0.15) is 56.6 Å². The number of halogens is 1. The van der Waals surface area contributed by atoms with Gasteiger partial charge in [0.2, 0.25) is 0 Å². The first-order valence-electron chi connectivity index (χ1n) is 9.83. The van der Waals surface area contributed by atoms with E-state index >= 15 is 0 Å². The topological polar surface area (TPSA) is 29.1 Å². The van der Waals surface area contributed by atoms with Gasteiger partial charge >= 0.3 is 0 Å². The fourth-order valence-electron chi connectivity index (χ4n) is 4.41. The number of quaternary nitrogens is 1. The maximum atomic E-state index is 13.3. The molecule has 0 saturated carbocycles. The highest BCUT2D eigenvalue weighted by Gasteiger charge is 2.42. The summed E-state index contributed by atoms with van der Waals surface area (Å²) < 4.78 is 0.986. The lowest BCUT2D eigenvalue weighted by atomic mass is 9.95. The van der Waals surface area contributed by atoms with Crippen LogP contribution in [0.4, 0.5) is 5.69 Å². The molecule has 1 amide bonds. The number of hydrogen-bond acceptors (Lipinski definition) is 1. The van der Waals surface area contributed by atoms with E-state index in [9.17, 15) is 4.79 Å². The molecule has 3 nitrogen and oxygen atoms in total. The zero-order valence-corrected chi connectivity index (χ0v) is 17.7. The number of carbonyl (C=O) groups is 1. The highest BCUT2D eigenvalue weighted by molar-refractivity contribution is 9.09. The zero-order valence-electron chi connectivity index (χ0n) is 16.1. The van der Waals surface area contributed by atoms with Crippen molar-refractivity contribution in [3.63, 3.8) is 0 Å². The number of para-hydroxylation sites is 1. The molecule has 0 radical (unpaired) electrons. The molecule has 1 aromatic rings. The maximum Gasteiger partial charge on any atom is 0.282 e. The lowest BCUT2D eigenvalue weighted by Gasteiger charge is -2.47. The first kappa shape index (κ1) is 20.4. The summed E-state index contributed by atoms with van der Waals surface area (Å²) in [5.74, 6) is 0.226. The number of alkyl halides is 1. The lowest BCUT2D eigenvalue weighted by molar-refractivity contribution is -0.947. The predicted octanol–water partition coefficient (Wildman–Crippen LogP) is 5.20. The first-order chi connectivity index (χ1) is 12.0. The van der Waals surface area contributed by atoms with E-state index in [1.807, 2.05) is 0 Å². The molecular formula is C21H34BrN2O+. The van der Waals surface area contributed by atoms with Gasteiger partial charge in [-0.15, -0.1) is 0 Å². The van der Waals surface area contributed by atoms with Crippen LogP contribution in [-0.4, -0.2) is 41.4 Å². The number of piperidine rings is 1. The average molecular weight is 410 g/mol. The quantitative estimate of drug-likeness (QED) is 0.356. The molecule has 2 rings (SSSR count). The van der Waals surface area contributed by atoms with Crippen LogP contribution >= 0.6 is 15.9 Å². The summed E-state index contributed by atoms with van der Waals surface area (Å²) in [6, 6.07) is 6.31. The summed E-state index contributed by atoms with van der Waals surface area (Å²) in [6.45, 7) is 9.80. The number of benzene rings is 1. The molecule has 1 aromatic carbocycles. The molecule has 1 N–H and O–H groups in total. The van der Waals surface area contributed by atoms with Crippen molar-refractivity contribution in [1.82, 2.24) is 0 Å². The standard InChI is InChI=1S/C21H33BrN2O/c1-4-14-24(16-8-6-13-22)15-7-5-12-19(24)21(25)23-20-17(2)10-9-11-18(20)3/h9-11,19H,4-8,12-16H2,1-3H3/p+1/t19-,24?/m0/s1. The van der Waals surface area contributed by atoms with E-state index in [-0.39, 0.29) is 11.9 Å². The Morgan fingerprint density at radius 2 is 1.92 bits per heavy atom. The second kappa shape index (κ2) is 9.72. The number of nitrogens with zero attached hydrogens (tertiary/aromatic N) is 1. The molecule has 1 saturated heterocycles. The molecule has 1 aliphatic heterocycles. The van der Waals surface area contributed by atoms with E-state index in [0.717, 1.165) is 59.1 Å². The van der Waals surface area contributed by atoms with Crippen LogP contribution in [-0.2, 0) is 4.79 Å². The fourth-order valence-corrected chi connectivity index (χ4v) is 4.80. The van der Waals surface area contributed by atoms with E-state index in [2.05, 4.69) is 60.2 Å². The van der Waals surface area contributed by atoms with Crippen LogP contribution in [0.2, 0.25) is 0 Å². The Kier molecular flexibility index (Phi) is 7.95. The summed E-state index contributed by atoms with van der Waals surface area (Å²) in [7, 11) is 0. The molecule has 2 atom stereocenters. The van der Waals surface area contributed by atoms with Crippen LogP contribution in [0.5, 0.6) is 0 Å². The van der Waals surface area contributed by atoms with Gasteiger partial charge in [0.15, 0.2) is 6.04 Å². The van der Waals surface area contributed by atoms with E-state index in [4.69, 9.17) is 0 Å². The van der Waals surface area contributed by atoms with Gasteiger partial charge in [-0.2, -0.15) is 0 Å². The molecule has 0 bridgehead atoms. The van der Waals surface area contributed by atoms with Gasteiger partial charge in [-0.3, -0.25) is 4.79 Å². The number of rotatable bonds is 8. The number of nitrogens with one attached hydrogen (secondary N) is 1. The third-order valence-corrected chi connectivity index (χ3v) is 6.24. The SMILES string of the molecule is CCC[N+]1(CCCCBr)CCCC[C@H]1C(=O)Nc1c(C)cccc1C. The summed E-state index contributed by atoms with van der Waals surface area (Å²) in [6.07, 6.45) is 6.97. The molecule has 25 heavy (non-hydrogen) atoms. The number of hydrogen-bond donors (Lipinski definition) is 1. The van der Waals surface area contributed by atoms with Crippen LogP contribution in [0.3, 0.4) is 0 Å². The molecule has 0 spiro atoms. The van der Waals surface area contributed by atoms with E-state index < -0.39 is 0 Å². The minimum Gasteiger partial charge on any atom is -0.320 e. The average Bonchev–Trinajstić information content (AvgIpc) is 2.59. The smallest absolute Gasteiger partial charge is 0.282 e. The molecule has 0 aromatic heterocycles. The van der Waals surface area contributed by atoms with Gasteiger partial charge in [-0.25, -0.2) is 0 Å². The van der Waals surface area contributed by atoms with Crippen LogP contribution in [0.25, 0.3) is 0 Å². The number of likely N-dealkylation sites (tertiary alicyclic amines) is 1. The highest BCUT2D eigenvalue weighted by atomic mass is 79.9. The van der Waals surface area contributed by atoms with E-state index in [1.165, 1.54) is 25.7 Å². The van der Waals surface area contributed by atoms with Crippen molar-refractivity contribution in [3.05, 3.63) is 29.3 Å². The largest absolute Gasteiger partial charge is 0.320 e. The highest BCUT2D eigenvalue weighted by Crippen LogP contribution is 2.30. The lowest BCUT2D eigenvalue weighted by Crippen LogP contribution is -2.62. The Bertz CT molecular complexity index is 551. The van der Waals surface area contributed by atoms with Gasteiger partial charge in [0, 0.05) is 17.4 Å². The molecular weight excluding hydrogens is 376 g/mol. The van der Waals surface area contributed by atoms with E-state index in [0.29, 0.717) is 0 Å². The second-order valence-corrected chi connectivity index (χ2v) is 8.35. The van der Waals surface area contributed by atoms with E-state index in [1.54, 1.807) is 0 Å². The van der Waals surface area contributed by atoms with Gasteiger partial charge in [-0.05, 0) is 57.1 Å².